The van der Waals surface area contributed by atoms with Crippen LogP contribution in [-0.4, -0.2) is 43.2 Å². The highest BCUT2D eigenvalue weighted by molar-refractivity contribution is 5.85. The molecule has 2 rings (SSSR count). The number of nitrogens with zero attached hydrogens (tertiary/aromatic N) is 1. The van der Waals surface area contributed by atoms with Crippen molar-refractivity contribution in [3.8, 4) is 0 Å². The molecule has 1 aliphatic rings. The van der Waals surface area contributed by atoms with Gasteiger partial charge in [-0.1, -0.05) is 6.07 Å². The smallest absolute Gasteiger partial charge is 0.237 e. The van der Waals surface area contributed by atoms with Crippen LogP contribution in [0.1, 0.15) is 25.7 Å². The zero-order valence-electron chi connectivity index (χ0n) is 13.8. The Labute approximate surface area is 156 Å². The number of carbonyl (C=O) groups excluding carboxylic acids is 1. The molecule has 1 atom stereocenters. The molecule has 1 amide bonds. The number of nitrogens with one attached hydrogen (secondary N) is 2. The Morgan fingerprint density at radius 2 is 1.96 bits per heavy atom. The molecule has 8 heteroatoms. The van der Waals surface area contributed by atoms with Crippen LogP contribution in [0.4, 0.5) is 5.82 Å². The first-order chi connectivity index (χ1) is 10.8. The van der Waals surface area contributed by atoms with Crippen molar-refractivity contribution in [1.29, 1.82) is 0 Å². The van der Waals surface area contributed by atoms with Crippen molar-refractivity contribution in [2.45, 2.75) is 31.7 Å². The van der Waals surface area contributed by atoms with E-state index < -0.39 is 6.04 Å². The van der Waals surface area contributed by atoms with Crippen LogP contribution in [0.25, 0.3) is 0 Å². The van der Waals surface area contributed by atoms with Gasteiger partial charge >= 0.3 is 0 Å². The summed E-state index contributed by atoms with van der Waals surface area (Å²) in [5.74, 6) is 1.09. The minimum Gasteiger partial charge on any atom is -0.381 e. The van der Waals surface area contributed by atoms with Crippen LogP contribution in [0.3, 0.4) is 0 Å². The molecule has 1 fully saturated rings. The number of halogens is 2. The number of hydrogen-bond donors (Lipinski definition) is 3. The van der Waals surface area contributed by atoms with E-state index in [1.807, 2.05) is 18.2 Å². The van der Waals surface area contributed by atoms with Crippen LogP contribution in [0, 0.1) is 5.92 Å². The number of amides is 1. The highest BCUT2D eigenvalue weighted by atomic mass is 35.5. The summed E-state index contributed by atoms with van der Waals surface area (Å²) in [6.45, 7) is 2.94. The number of aromatic nitrogens is 1. The number of carbonyl (C=O) groups is 1. The summed E-state index contributed by atoms with van der Waals surface area (Å²) in [5, 5.41) is 6.18. The maximum Gasteiger partial charge on any atom is 0.237 e. The van der Waals surface area contributed by atoms with E-state index in [-0.39, 0.29) is 36.6 Å². The van der Waals surface area contributed by atoms with Gasteiger partial charge in [0.05, 0.1) is 6.04 Å². The summed E-state index contributed by atoms with van der Waals surface area (Å²) in [5.41, 5.74) is 6.02. The highest BCUT2D eigenvalue weighted by Gasteiger charge is 2.26. The largest absolute Gasteiger partial charge is 0.381 e. The number of unbranched alkanes of at least 4 members (excludes halogenated alkanes) is 1. The van der Waals surface area contributed by atoms with Crippen molar-refractivity contribution in [3.05, 3.63) is 24.4 Å². The van der Waals surface area contributed by atoms with Gasteiger partial charge in [0.15, 0.2) is 0 Å². The molecule has 1 aromatic rings. The monoisotopic (exact) mass is 378 g/mol. The lowest BCUT2D eigenvalue weighted by Gasteiger charge is -2.26. The number of pyridine rings is 1. The summed E-state index contributed by atoms with van der Waals surface area (Å²) in [7, 11) is 0. The van der Waals surface area contributed by atoms with E-state index in [4.69, 9.17) is 10.5 Å². The molecule has 6 nitrogen and oxygen atoms in total. The van der Waals surface area contributed by atoms with Gasteiger partial charge < -0.3 is 21.1 Å². The van der Waals surface area contributed by atoms with Crippen LogP contribution in [0.15, 0.2) is 24.4 Å². The molecular weight excluding hydrogens is 351 g/mol. The Balaban J connectivity index is 0.00000264. The predicted octanol–water partition coefficient (Wildman–Crippen LogP) is 1.99. The summed E-state index contributed by atoms with van der Waals surface area (Å²) in [4.78, 5) is 16.2. The van der Waals surface area contributed by atoms with Crippen molar-refractivity contribution in [3.63, 3.8) is 0 Å². The van der Waals surface area contributed by atoms with E-state index in [1.54, 1.807) is 6.20 Å². The minimum absolute atomic E-state index is 0. The lowest BCUT2D eigenvalue weighted by molar-refractivity contribution is -0.124. The van der Waals surface area contributed by atoms with Crippen LogP contribution < -0.4 is 16.4 Å². The molecule has 4 N–H and O–H groups in total. The lowest BCUT2D eigenvalue weighted by Crippen LogP contribution is -2.47. The number of nitrogens with two attached hydrogens (primary N) is 1. The van der Waals surface area contributed by atoms with Gasteiger partial charge in [-0.2, -0.15) is 0 Å². The molecule has 0 bridgehead atoms. The zero-order chi connectivity index (χ0) is 15.6. The first-order valence-corrected chi connectivity index (χ1v) is 8.03. The van der Waals surface area contributed by atoms with Crippen LogP contribution in [-0.2, 0) is 9.53 Å². The van der Waals surface area contributed by atoms with Gasteiger partial charge in [-0.05, 0) is 43.7 Å². The van der Waals surface area contributed by atoms with Gasteiger partial charge in [0.2, 0.25) is 5.91 Å². The lowest BCUT2D eigenvalue weighted by atomic mass is 9.92. The number of hydrogen-bond acceptors (Lipinski definition) is 5. The van der Waals surface area contributed by atoms with Gasteiger partial charge in [-0.25, -0.2) is 4.98 Å². The second kappa shape index (κ2) is 13.2. The summed E-state index contributed by atoms with van der Waals surface area (Å²) < 4.78 is 5.29. The maximum atomic E-state index is 12.0. The average molecular weight is 379 g/mol. The van der Waals surface area contributed by atoms with Crippen LogP contribution in [0.5, 0.6) is 0 Å². The van der Waals surface area contributed by atoms with Crippen LogP contribution >= 0.6 is 24.8 Å². The fourth-order valence-corrected chi connectivity index (χ4v) is 2.55. The fourth-order valence-electron chi connectivity index (χ4n) is 2.55. The number of anilines is 1. The Hall–Kier alpha value is -1.08. The van der Waals surface area contributed by atoms with E-state index in [1.165, 1.54) is 0 Å². The molecule has 138 valence electrons. The first kappa shape index (κ1) is 22.9. The molecule has 1 saturated heterocycles. The summed E-state index contributed by atoms with van der Waals surface area (Å²) in [6, 6.07) is 5.38. The number of ether oxygens (including phenoxy) is 1. The van der Waals surface area contributed by atoms with Crippen molar-refractivity contribution in [2.75, 3.05) is 31.6 Å². The van der Waals surface area contributed by atoms with Gasteiger partial charge in [0, 0.05) is 32.5 Å². The molecule has 1 aromatic heterocycles. The predicted molar refractivity (Wildman–Crippen MR) is 101 cm³/mol. The third-order valence-electron chi connectivity index (χ3n) is 3.95. The third-order valence-corrected chi connectivity index (χ3v) is 3.95. The second-order valence-corrected chi connectivity index (χ2v) is 5.62. The average Bonchev–Trinajstić information content (AvgIpc) is 2.58. The summed E-state index contributed by atoms with van der Waals surface area (Å²) >= 11 is 0. The molecule has 0 aromatic carbocycles. The molecule has 0 spiro atoms. The third kappa shape index (κ3) is 8.15. The zero-order valence-corrected chi connectivity index (χ0v) is 15.4. The van der Waals surface area contributed by atoms with E-state index in [0.29, 0.717) is 19.8 Å². The van der Waals surface area contributed by atoms with E-state index in [0.717, 1.165) is 38.0 Å². The second-order valence-electron chi connectivity index (χ2n) is 5.62. The van der Waals surface area contributed by atoms with Crippen molar-refractivity contribution in [1.82, 2.24) is 10.3 Å². The van der Waals surface area contributed by atoms with Crippen LogP contribution in [0.2, 0.25) is 0 Å². The highest BCUT2D eigenvalue weighted by Crippen LogP contribution is 2.17. The van der Waals surface area contributed by atoms with Gasteiger partial charge in [-0.15, -0.1) is 24.8 Å². The quantitative estimate of drug-likeness (QED) is 0.601. The van der Waals surface area contributed by atoms with Crippen molar-refractivity contribution >= 4 is 36.5 Å². The minimum atomic E-state index is -0.407. The fraction of sp³-hybridized carbons (Fsp3) is 0.625. The molecule has 1 aliphatic heterocycles. The molecule has 1 unspecified atom stereocenters. The SMILES string of the molecule is Cl.Cl.NC(C(=O)NCCCCNc1ccccn1)C1CCOCC1. The molecule has 24 heavy (non-hydrogen) atoms. The summed E-state index contributed by atoms with van der Waals surface area (Å²) in [6.07, 6.45) is 5.42. The molecular formula is C16H28Cl2N4O2. The van der Waals surface area contributed by atoms with Crippen molar-refractivity contribution < 1.29 is 9.53 Å². The Bertz CT molecular complexity index is 445. The molecule has 2 heterocycles. The Morgan fingerprint density at radius 1 is 1.25 bits per heavy atom. The van der Waals surface area contributed by atoms with E-state index in [9.17, 15) is 4.79 Å². The van der Waals surface area contributed by atoms with Crippen molar-refractivity contribution in [2.24, 2.45) is 11.7 Å². The standard InChI is InChI=1S/C16H26N4O2.2ClH/c17-15(13-6-11-22-12-7-13)16(21)20-10-4-3-9-19-14-5-1-2-8-18-14;;/h1-2,5,8,13,15H,3-4,6-7,9-12,17H2,(H,18,19)(H,20,21);2*1H. The Morgan fingerprint density at radius 3 is 2.62 bits per heavy atom. The first-order valence-electron chi connectivity index (χ1n) is 8.03. The maximum absolute atomic E-state index is 12.0. The molecule has 0 aliphatic carbocycles. The topological polar surface area (TPSA) is 89.3 Å². The van der Waals surface area contributed by atoms with Gasteiger partial charge in [-0.3, -0.25) is 4.79 Å². The normalized spacial score (nSPS) is 15.5. The van der Waals surface area contributed by atoms with E-state index in [2.05, 4.69) is 15.6 Å². The molecule has 0 saturated carbocycles. The molecule has 0 radical (unpaired) electrons. The Kier molecular flexibility index (Phi) is 12.6. The van der Waals surface area contributed by atoms with Gasteiger partial charge in [0.25, 0.3) is 0 Å². The number of rotatable bonds is 8. The van der Waals surface area contributed by atoms with Gasteiger partial charge in [0.1, 0.15) is 5.82 Å². The van der Waals surface area contributed by atoms with E-state index >= 15 is 0 Å².